The van der Waals surface area contributed by atoms with Gasteiger partial charge in [0.2, 0.25) is 0 Å². The predicted molar refractivity (Wildman–Crippen MR) is 45.2 cm³/mol. The van der Waals surface area contributed by atoms with Crippen LogP contribution in [0.2, 0.25) is 0 Å². The van der Waals surface area contributed by atoms with E-state index in [1.807, 2.05) is 0 Å². The van der Waals surface area contributed by atoms with Gasteiger partial charge >= 0.3 is 0 Å². The molecule has 4 heteroatoms. The number of aldehydes is 1. The van der Waals surface area contributed by atoms with Crippen molar-refractivity contribution in [1.82, 2.24) is 0 Å². The van der Waals surface area contributed by atoms with Gasteiger partial charge in [0.15, 0.2) is 6.29 Å². The maximum atomic E-state index is 12.0. The molecule has 1 saturated heterocycles. The Bertz CT molecular complexity index is 166. The number of carbonyl (C=O) groups is 1. The van der Waals surface area contributed by atoms with Crippen molar-refractivity contribution in [2.24, 2.45) is 0 Å². The lowest BCUT2D eigenvalue weighted by molar-refractivity contribution is -0.143. The molecule has 0 aromatic heterocycles. The maximum absolute atomic E-state index is 12.0. The number of alkyl halides is 1. The number of hydrogen-bond donors (Lipinski definition) is 1. The standard InChI is InChI=1S/C9H15FO3/c10-6-8(12)5-9(7-11)3-1-2-4-13-9/h7-8,12H,1-6H2. The first kappa shape index (κ1) is 10.6. The zero-order valence-electron chi connectivity index (χ0n) is 7.54. The third kappa shape index (κ3) is 2.74. The van der Waals surface area contributed by atoms with Gasteiger partial charge in [0.25, 0.3) is 0 Å². The molecule has 13 heavy (non-hydrogen) atoms. The van der Waals surface area contributed by atoms with Crippen LogP contribution in [0.15, 0.2) is 0 Å². The molecule has 3 nitrogen and oxygen atoms in total. The van der Waals surface area contributed by atoms with Crippen molar-refractivity contribution in [2.75, 3.05) is 13.3 Å². The summed E-state index contributed by atoms with van der Waals surface area (Å²) in [5.74, 6) is 0. The monoisotopic (exact) mass is 190 g/mol. The van der Waals surface area contributed by atoms with Gasteiger partial charge in [-0.2, -0.15) is 0 Å². The highest BCUT2D eigenvalue weighted by atomic mass is 19.1. The third-order valence-corrected chi connectivity index (χ3v) is 2.36. The SMILES string of the molecule is O=CC1(CC(O)CF)CCCCO1. The molecule has 2 unspecified atom stereocenters. The summed E-state index contributed by atoms with van der Waals surface area (Å²) in [5.41, 5.74) is -0.927. The molecule has 0 aromatic rings. The summed E-state index contributed by atoms with van der Waals surface area (Å²) in [7, 11) is 0. The van der Waals surface area contributed by atoms with Gasteiger partial charge in [-0.05, 0) is 19.3 Å². The minimum Gasteiger partial charge on any atom is -0.390 e. The highest BCUT2D eigenvalue weighted by Crippen LogP contribution is 2.27. The van der Waals surface area contributed by atoms with Crippen LogP contribution < -0.4 is 0 Å². The Hall–Kier alpha value is -0.480. The van der Waals surface area contributed by atoms with E-state index in [4.69, 9.17) is 9.84 Å². The Kier molecular flexibility index (Phi) is 3.81. The lowest BCUT2D eigenvalue weighted by Crippen LogP contribution is -2.41. The third-order valence-electron chi connectivity index (χ3n) is 2.36. The van der Waals surface area contributed by atoms with Crippen LogP contribution in [-0.4, -0.2) is 36.4 Å². The number of ether oxygens (including phenoxy) is 1. The first-order valence-corrected chi connectivity index (χ1v) is 4.57. The second-order valence-corrected chi connectivity index (χ2v) is 3.50. The number of carbonyl (C=O) groups excluding carboxylic acids is 1. The van der Waals surface area contributed by atoms with Crippen molar-refractivity contribution in [3.63, 3.8) is 0 Å². The van der Waals surface area contributed by atoms with Gasteiger partial charge in [-0.3, -0.25) is 0 Å². The summed E-state index contributed by atoms with van der Waals surface area (Å²) >= 11 is 0. The average Bonchev–Trinajstić information content (AvgIpc) is 2.19. The number of halogens is 1. The second kappa shape index (κ2) is 4.67. The van der Waals surface area contributed by atoms with Gasteiger partial charge < -0.3 is 14.6 Å². The van der Waals surface area contributed by atoms with Crippen LogP contribution in [0.1, 0.15) is 25.7 Å². The van der Waals surface area contributed by atoms with Crippen molar-refractivity contribution in [2.45, 2.75) is 37.4 Å². The van der Waals surface area contributed by atoms with Gasteiger partial charge in [-0.1, -0.05) is 0 Å². The number of aliphatic hydroxyl groups is 1. The van der Waals surface area contributed by atoms with E-state index < -0.39 is 18.4 Å². The van der Waals surface area contributed by atoms with E-state index in [1.165, 1.54) is 0 Å². The Morgan fingerprint density at radius 3 is 2.85 bits per heavy atom. The number of hydrogen-bond acceptors (Lipinski definition) is 3. The highest BCUT2D eigenvalue weighted by molar-refractivity contribution is 5.62. The van der Waals surface area contributed by atoms with Crippen LogP contribution in [-0.2, 0) is 9.53 Å². The van der Waals surface area contributed by atoms with Gasteiger partial charge in [0.05, 0.1) is 6.10 Å². The molecule has 0 aromatic carbocycles. The topological polar surface area (TPSA) is 46.5 Å². The first-order chi connectivity index (χ1) is 6.22. The predicted octanol–water partition coefficient (Wildman–Crippen LogP) is 0.845. The summed E-state index contributed by atoms with van der Waals surface area (Å²) in [6.07, 6.45) is 2.12. The molecule has 1 aliphatic heterocycles. The second-order valence-electron chi connectivity index (χ2n) is 3.50. The molecule has 1 fully saturated rings. The molecule has 2 atom stereocenters. The van der Waals surface area contributed by atoms with Crippen LogP contribution in [0.3, 0.4) is 0 Å². The zero-order valence-corrected chi connectivity index (χ0v) is 7.54. The molecule has 0 aliphatic carbocycles. The number of aliphatic hydroxyl groups excluding tert-OH is 1. The van der Waals surface area contributed by atoms with Crippen molar-refractivity contribution in [3.8, 4) is 0 Å². The van der Waals surface area contributed by atoms with E-state index in [1.54, 1.807) is 0 Å². The van der Waals surface area contributed by atoms with E-state index in [0.29, 0.717) is 19.3 Å². The van der Waals surface area contributed by atoms with E-state index >= 15 is 0 Å². The molecule has 0 spiro atoms. The fraction of sp³-hybridized carbons (Fsp3) is 0.889. The van der Waals surface area contributed by atoms with Gasteiger partial charge in [-0.25, -0.2) is 4.39 Å². The van der Waals surface area contributed by atoms with Gasteiger partial charge in [-0.15, -0.1) is 0 Å². The number of rotatable bonds is 4. The lowest BCUT2D eigenvalue weighted by Gasteiger charge is -2.33. The van der Waals surface area contributed by atoms with E-state index in [0.717, 1.165) is 12.8 Å². The maximum Gasteiger partial charge on any atom is 0.151 e. The van der Waals surface area contributed by atoms with Crippen LogP contribution in [0.25, 0.3) is 0 Å². The molecule has 0 bridgehead atoms. The smallest absolute Gasteiger partial charge is 0.151 e. The molecule has 0 radical (unpaired) electrons. The molecule has 0 saturated carbocycles. The quantitative estimate of drug-likeness (QED) is 0.668. The molecule has 1 N–H and O–H groups in total. The van der Waals surface area contributed by atoms with Crippen molar-refractivity contribution >= 4 is 6.29 Å². The van der Waals surface area contributed by atoms with Crippen molar-refractivity contribution < 1.29 is 19.0 Å². The Morgan fingerprint density at radius 1 is 1.62 bits per heavy atom. The molecule has 0 amide bonds. The molecule has 76 valence electrons. The summed E-state index contributed by atoms with van der Waals surface area (Å²) in [6, 6.07) is 0. The highest BCUT2D eigenvalue weighted by Gasteiger charge is 2.35. The van der Waals surface area contributed by atoms with E-state index in [9.17, 15) is 9.18 Å². The van der Waals surface area contributed by atoms with Crippen LogP contribution in [0, 0.1) is 0 Å². The van der Waals surface area contributed by atoms with Crippen LogP contribution >= 0.6 is 0 Å². The first-order valence-electron chi connectivity index (χ1n) is 4.57. The largest absolute Gasteiger partial charge is 0.390 e. The fourth-order valence-electron chi connectivity index (χ4n) is 1.63. The van der Waals surface area contributed by atoms with Crippen LogP contribution in [0.4, 0.5) is 4.39 Å². The van der Waals surface area contributed by atoms with Crippen molar-refractivity contribution in [3.05, 3.63) is 0 Å². The Morgan fingerprint density at radius 2 is 2.38 bits per heavy atom. The molecule has 1 rings (SSSR count). The molecule has 1 heterocycles. The lowest BCUT2D eigenvalue weighted by atomic mass is 9.90. The van der Waals surface area contributed by atoms with E-state index in [-0.39, 0.29) is 6.42 Å². The normalized spacial score (nSPS) is 31.2. The van der Waals surface area contributed by atoms with E-state index in [2.05, 4.69) is 0 Å². The van der Waals surface area contributed by atoms with Crippen molar-refractivity contribution in [1.29, 1.82) is 0 Å². The fourth-order valence-corrected chi connectivity index (χ4v) is 1.63. The summed E-state index contributed by atoms with van der Waals surface area (Å²) in [4.78, 5) is 10.8. The summed E-state index contributed by atoms with van der Waals surface area (Å²) in [6.45, 7) is -0.295. The minimum absolute atomic E-state index is 0.0764. The minimum atomic E-state index is -1.08. The van der Waals surface area contributed by atoms with Gasteiger partial charge in [0, 0.05) is 13.0 Å². The molecule has 1 aliphatic rings. The average molecular weight is 190 g/mol. The summed E-state index contributed by atoms with van der Waals surface area (Å²) in [5, 5.41) is 9.09. The van der Waals surface area contributed by atoms with Crippen LogP contribution in [0.5, 0.6) is 0 Å². The molecular formula is C9H15FO3. The van der Waals surface area contributed by atoms with Gasteiger partial charge in [0.1, 0.15) is 12.3 Å². The summed E-state index contributed by atoms with van der Waals surface area (Å²) < 4.78 is 17.3. The Labute approximate surface area is 76.9 Å². The Balaban J connectivity index is 2.52. The zero-order chi connectivity index (χ0) is 9.73. The molecular weight excluding hydrogens is 175 g/mol.